The second-order valence-corrected chi connectivity index (χ2v) is 23.9. The first-order chi connectivity index (χ1) is 45.1. The first-order valence-corrected chi connectivity index (χ1v) is 31.4. The Labute approximate surface area is 560 Å². The number of imidazole rings is 2. The maximum Gasteiger partial charge on any atom is 0.303 e. The number of para-hydroxylation sites is 2. The van der Waals surface area contributed by atoms with Crippen LogP contribution in [0.5, 0.6) is 23.0 Å². The Hall–Kier alpha value is -10.9. The third kappa shape index (κ3) is 14.7. The number of aromatic nitrogens is 4. The number of nitrogens with one attached hydrogen (secondary N) is 3. The Morgan fingerprint density at radius 1 is 0.600 bits per heavy atom. The molecule has 0 saturated carbocycles. The van der Waals surface area contributed by atoms with Crippen molar-refractivity contribution in [3.05, 3.63) is 178 Å². The number of nitrogen functional groups attached to an aromatic ring is 1. The van der Waals surface area contributed by atoms with E-state index in [0.717, 1.165) is 50.1 Å². The number of carboxylic acid groups (broad SMARTS) is 1. The Morgan fingerprint density at radius 2 is 1.07 bits per heavy atom. The van der Waals surface area contributed by atoms with E-state index in [4.69, 9.17) is 29.8 Å². The second kappa shape index (κ2) is 29.4. The highest BCUT2D eigenvalue weighted by molar-refractivity contribution is 7.17. The molecule has 23 nitrogen and oxygen atoms in total. The van der Waals surface area contributed by atoms with Crippen LogP contribution in [0.15, 0.2) is 154 Å². The summed E-state index contributed by atoms with van der Waals surface area (Å²) in [7, 11) is 6.45. The lowest BCUT2D eigenvalue weighted by Crippen LogP contribution is -2.37. The third-order valence-corrected chi connectivity index (χ3v) is 17.5. The van der Waals surface area contributed by atoms with Gasteiger partial charge >= 0.3 is 5.97 Å². The van der Waals surface area contributed by atoms with Gasteiger partial charge < -0.3 is 54.9 Å². The van der Waals surface area contributed by atoms with E-state index in [-0.39, 0.29) is 99.2 Å². The number of aliphatic carboxylic acids is 1. The number of carbonyl (C=O) groups is 6. The van der Waals surface area contributed by atoms with Gasteiger partial charge in [-0.3, -0.25) is 48.6 Å². The molecule has 26 heteroatoms. The average molecular weight is 1340 g/mol. The van der Waals surface area contributed by atoms with Crippen LogP contribution in [-0.2, 0) is 36.5 Å². The Morgan fingerprint density at radius 3 is 1.55 bits per heavy atom. The zero-order chi connectivity index (χ0) is 64.9. The maximum atomic E-state index is 13.6. The van der Waals surface area contributed by atoms with Crippen molar-refractivity contribution in [1.82, 2.24) is 19.1 Å². The van der Waals surface area contributed by atoms with Gasteiger partial charge in [-0.1, -0.05) is 43.8 Å². The van der Waals surface area contributed by atoms with Crippen LogP contribution in [0.25, 0.3) is 20.2 Å². The number of carbonyl (C=O) groups excluding carboxylic acids is 5. The molecule has 0 bridgehead atoms. The topological polar surface area (TPSA) is 289 Å². The van der Waals surface area contributed by atoms with Crippen LogP contribution in [0.4, 0.5) is 45.8 Å². The van der Waals surface area contributed by atoms with Crippen LogP contribution in [0.1, 0.15) is 86.2 Å². The number of hydrogen-bond donors (Lipinski definition) is 5. The number of anilines is 6. The maximum absolute atomic E-state index is 13.6. The first kappa shape index (κ1) is 67.0. The molecule has 8 heterocycles. The summed E-state index contributed by atoms with van der Waals surface area (Å²) in [6, 6.07) is 37.7. The number of fused-ring (bicyclic) bond motifs is 10. The highest BCUT2D eigenvalue weighted by Gasteiger charge is 2.38. The SMILES string of the molecule is C.COc1cc2c(cc1OCCCC(=O)Nc1cn(C)c(C(=O)Nc3ccc4sccc4c3)n1)N=C[C@@H]1Cc3ccccc3N1C2=O.COc1cc2c(cc1OCCCC(=O)O)N=C[C@@H]1Cc3ccccc3N1C2=O.Cl.Cn1cc(N)nc1C(=O)Nc1ccc2sccc2c1. The summed E-state index contributed by atoms with van der Waals surface area (Å²) < 4.78 is 28.1. The van der Waals surface area contributed by atoms with E-state index in [9.17, 15) is 28.8 Å². The van der Waals surface area contributed by atoms with Crippen molar-refractivity contribution in [2.24, 2.45) is 24.1 Å². The number of aliphatic imine (C=N–C) groups is 2. The van der Waals surface area contributed by atoms with Gasteiger partial charge in [0.05, 0.1) is 62.0 Å². The van der Waals surface area contributed by atoms with Crippen molar-refractivity contribution in [1.29, 1.82) is 0 Å². The molecule has 0 radical (unpaired) electrons. The fourth-order valence-corrected chi connectivity index (χ4v) is 12.8. The molecular formula is C69H67ClN12O11S2. The van der Waals surface area contributed by atoms with Gasteiger partial charge in [-0.25, -0.2) is 9.97 Å². The molecule has 95 heavy (non-hydrogen) atoms. The summed E-state index contributed by atoms with van der Waals surface area (Å²) in [6.07, 6.45) is 9.23. The monoisotopic (exact) mass is 1340 g/mol. The van der Waals surface area contributed by atoms with Crippen LogP contribution >= 0.6 is 35.1 Å². The lowest BCUT2D eigenvalue weighted by Gasteiger charge is -2.22. The second-order valence-electron chi connectivity index (χ2n) is 22.0. The number of rotatable bonds is 17. The first-order valence-electron chi connectivity index (χ1n) is 29.6. The number of hydrogen-bond acceptors (Lipinski definition) is 17. The molecule has 0 spiro atoms. The minimum Gasteiger partial charge on any atom is -0.493 e. The molecule has 5 amide bonds. The predicted octanol–water partition coefficient (Wildman–Crippen LogP) is 12.7. The summed E-state index contributed by atoms with van der Waals surface area (Å²) in [5, 5.41) is 23.4. The van der Waals surface area contributed by atoms with Crippen molar-refractivity contribution in [3.8, 4) is 23.0 Å². The standard InChI is InChI=1S/C34H30N6O5S.C21H20N2O5.C13H12N4OS.CH4.ClH/c1-39-19-30(38-32(39)33(42)36-22-9-10-29-21(14-22)11-13-46-29)37-31(41)8-5-12-45-28-17-25-24(16-27(28)44-2)34(43)40-23(18-35-25)15-20-6-3-4-7-26(20)40;1-27-18-10-15-16(11-19(18)28-8-4-7-20(24)25)22-12-14-9-13-5-2-3-6-17(13)23(14)21(15)26;1-17-7-11(14)16-12(17)13(18)15-9-2-3-10-8(6-9)4-5-19-10;;/h3-4,6-7,9-11,13-14,16-19,23H,5,8,12,15H2,1-2H3,(H,36,42)(H,37,41);2-3,5-6,10-12,14H,4,7-9H2,1H3,(H,24,25);2-7H,14H2,1H3,(H,15,18);1H4;1H/t23-;14-;;;/m00.../s1. The highest BCUT2D eigenvalue weighted by atomic mass is 35.5. The Bertz CT molecular complexity index is 4630. The molecule has 6 aromatic carbocycles. The summed E-state index contributed by atoms with van der Waals surface area (Å²) in [6.45, 7) is 0.466. The van der Waals surface area contributed by atoms with Crippen molar-refractivity contribution in [2.45, 2.75) is 58.0 Å². The molecular weight excluding hydrogens is 1270 g/mol. The molecule has 10 aromatic rings. The largest absolute Gasteiger partial charge is 0.493 e. The smallest absolute Gasteiger partial charge is 0.303 e. The average Bonchev–Trinajstić information content (AvgIpc) is 1.64. The van der Waals surface area contributed by atoms with Gasteiger partial charge in [-0.2, -0.15) is 0 Å². The molecule has 6 N–H and O–H groups in total. The van der Waals surface area contributed by atoms with Gasteiger partial charge in [0.1, 0.15) is 5.82 Å². The minimum atomic E-state index is -0.867. The number of nitrogens with zero attached hydrogens (tertiary/aromatic N) is 8. The minimum absolute atomic E-state index is 0. The highest BCUT2D eigenvalue weighted by Crippen LogP contribution is 2.43. The number of aryl methyl sites for hydroxylation is 2. The summed E-state index contributed by atoms with van der Waals surface area (Å²) in [5.74, 6) is 0.749. The normalized spacial score (nSPS) is 14.3. The molecule has 2 atom stereocenters. The van der Waals surface area contributed by atoms with E-state index in [1.165, 1.54) is 18.9 Å². The van der Waals surface area contributed by atoms with Crippen LogP contribution in [0.3, 0.4) is 0 Å². The van der Waals surface area contributed by atoms with Gasteiger partial charge in [0.15, 0.2) is 28.8 Å². The van der Waals surface area contributed by atoms with E-state index in [1.54, 1.807) is 105 Å². The van der Waals surface area contributed by atoms with E-state index in [2.05, 4.69) is 35.9 Å². The quantitative estimate of drug-likeness (QED) is 0.0530. The number of carboxylic acids is 1. The zero-order valence-electron chi connectivity index (χ0n) is 51.2. The van der Waals surface area contributed by atoms with Crippen LogP contribution in [0.2, 0.25) is 0 Å². The van der Waals surface area contributed by atoms with E-state index in [0.29, 0.717) is 82.1 Å². The van der Waals surface area contributed by atoms with Crippen molar-refractivity contribution in [3.63, 3.8) is 0 Å². The van der Waals surface area contributed by atoms with Crippen LogP contribution in [0, 0.1) is 0 Å². The number of ether oxygens (including phenoxy) is 4. The fraction of sp³-hybridized carbons (Fsp3) is 0.217. The predicted molar refractivity (Wildman–Crippen MR) is 374 cm³/mol. The van der Waals surface area contributed by atoms with Crippen LogP contribution in [-0.4, -0.2) is 112 Å². The molecule has 0 saturated heterocycles. The van der Waals surface area contributed by atoms with Crippen LogP contribution < -0.4 is 50.4 Å². The number of nitrogens with two attached hydrogens (primary N) is 1. The fourth-order valence-electron chi connectivity index (χ4n) is 11.3. The lowest BCUT2D eigenvalue weighted by molar-refractivity contribution is -0.137. The molecule has 14 rings (SSSR count). The van der Waals surface area contributed by atoms with Gasteiger partial charge in [0, 0.05) is 109 Å². The summed E-state index contributed by atoms with van der Waals surface area (Å²) >= 11 is 3.31. The molecule has 4 aliphatic heterocycles. The lowest BCUT2D eigenvalue weighted by atomic mass is 10.1. The Kier molecular flexibility index (Phi) is 20.7. The number of thiophene rings is 2. The number of benzene rings is 6. The van der Waals surface area contributed by atoms with Gasteiger partial charge in [0.2, 0.25) is 17.6 Å². The molecule has 0 aliphatic carbocycles. The summed E-state index contributed by atoms with van der Waals surface area (Å²) in [4.78, 5) is 96.2. The third-order valence-electron chi connectivity index (χ3n) is 15.7. The van der Waals surface area contributed by atoms with E-state index < -0.39 is 5.97 Å². The molecule has 0 unspecified atom stereocenters. The molecule has 4 aromatic heterocycles. The molecule has 4 aliphatic rings. The van der Waals surface area contributed by atoms with E-state index in [1.807, 2.05) is 108 Å². The number of methoxy groups -OCH3 is 2. The van der Waals surface area contributed by atoms with Gasteiger partial charge in [-0.15, -0.1) is 35.1 Å². The molecule has 488 valence electrons. The molecule has 0 fully saturated rings. The number of amides is 5. The Balaban J connectivity index is 0.000000170. The van der Waals surface area contributed by atoms with E-state index >= 15 is 0 Å². The summed E-state index contributed by atoms with van der Waals surface area (Å²) in [5.41, 5.74) is 12.9. The van der Waals surface area contributed by atoms with Crippen molar-refractivity contribution < 1.29 is 52.8 Å². The van der Waals surface area contributed by atoms with Gasteiger partial charge in [-0.05, 0) is 118 Å². The van der Waals surface area contributed by atoms with Crippen molar-refractivity contribution in [2.75, 3.05) is 58.9 Å². The zero-order valence-corrected chi connectivity index (χ0v) is 53.7. The van der Waals surface area contributed by atoms with Gasteiger partial charge in [0.25, 0.3) is 23.6 Å². The number of halogens is 1. The van der Waals surface area contributed by atoms with Crippen molar-refractivity contribution >= 4 is 149 Å².